The minimum absolute atomic E-state index is 0.503. The second-order valence-electron chi connectivity index (χ2n) is 4.65. The minimum atomic E-state index is -0.723. The van der Waals surface area contributed by atoms with Gasteiger partial charge >= 0.3 is 11.8 Å². The molecule has 2 aromatic carbocycles. The predicted molar refractivity (Wildman–Crippen MR) is 86.1 cm³/mol. The van der Waals surface area contributed by atoms with Crippen LogP contribution in [0.3, 0.4) is 0 Å². The quantitative estimate of drug-likeness (QED) is 0.853. The fraction of sp³-hybridized carbons (Fsp3) is 0.176. The fourth-order valence-electron chi connectivity index (χ4n) is 2.02. The van der Waals surface area contributed by atoms with Crippen LogP contribution < -0.4 is 15.4 Å². The van der Waals surface area contributed by atoms with Crippen LogP contribution in [0.5, 0.6) is 5.75 Å². The van der Waals surface area contributed by atoms with E-state index in [0.29, 0.717) is 17.1 Å². The third-order valence-electron chi connectivity index (χ3n) is 3.18. The van der Waals surface area contributed by atoms with Crippen molar-refractivity contribution in [3.8, 4) is 5.75 Å². The molecule has 0 heterocycles. The minimum Gasteiger partial charge on any atom is -0.497 e. The van der Waals surface area contributed by atoms with Gasteiger partial charge in [-0.3, -0.25) is 9.59 Å². The summed E-state index contributed by atoms with van der Waals surface area (Å²) in [7, 11) is 1.54. The van der Waals surface area contributed by atoms with E-state index in [-0.39, 0.29) is 0 Å². The van der Waals surface area contributed by atoms with Gasteiger partial charge in [-0.2, -0.15) is 0 Å². The molecule has 0 radical (unpaired) electrons. The molecule has 2 aromatic rings. The molecule has 5 heteroatoms. The SMILES string of the molecule is CCc1ccccc1NC(=O)C(=O)Nc1cccc(OC)c1. The number of amides is 2. The standard InChI is InChI=1S/C17H18N2O3/c1-3-12-7-4-5-10-15(12)19-17(21)16(20)18-13-8-6-9-14(11-13)22-2/h4-11H,3H2,1-2H3,(H,18,20)(H,19,21). The Kier molecular flexibility index (Phi) is 5.14. The predicted octanol–water partition coefficient (Wildman–Crippen LogP) is 2.83. The number of nitrogens with one attached hydrogen (secondary N) is 2. The van der Waals surface area contributed by atoms with Gasteiger partial charge in [0.1, 0.15) is 5.75 Å². The lowest BCUT2D eigenvalue weighted by Crippen LogP contribution is -2.29. The molecule has 0 aromatic heterocycles. The van der Waals surface area contributed by atoms with Crippen LogP contribution in [-0.2, 0) is 16.0 Å². The highest BCUT2D eigenvalue weighted by atomic mass is 16.5. The molecule has 0 unspecified atom stereocenters. The van der Waals surface area contributed by atoms with Crippen LogP contribution in [0.2, 0.25) is 0 Å². The number of rotatable bonds is 4. The van der Waals surface area contributed by atoms with Gasteiger partial charge in [0.2, 0.25) is 0 Å². The lowest BCUT2D eigenvalue weighted by Gasteiger charge is -2.10. The van der Waals surface area contributed by atoms with Gasteiger partial charge in [-0.1, -0.05) is 31.2 Å². The van der Waals surface area contributed by atoms with Crippen LogP contribution in [-0.4, -0.2) is 18.9 Å². The van der Waals surface area contributed by atoms with Crippen molar-refractivity contribution in [2.24, 2.45) is 0 Å². The second kappa shape index (κ2) is 7.26. The largest absolute Gasteiger partial charge is 0.497 e. The van der Waals surface area contributed by atoms with Gasteiger partial charge in [0.05, 0.1) is 7.11 Å². The zero-order valence-corrected chi connectivity index (χ0v) is 12.6. The number of methoxy groups -OCH3 is 1. The number of ether oxygens (including phenoxy) is 1. The highest BCUT2D eigenvalue weighted by molar-refractivity contribution is 6.43. The van der Waals surface area contributed by atoms with Crippen LogP contribution in [0, 0.1) is 0 Å². The molecule has 0 fully saturated rings. The van der Waals surface area contributed by atoms with Crippen molar-refractivity contribution < 1.29 is 14.3 Å². The zero-order chi connectivity index (χ0) is 15.9. The first-order chi connectivity index (χ1) is 10.6. The number of carbonyl (C=O) groups is 2. The summed E-state index contributed by atoms with van der Waals surface area (Å²) in [6.07, 6.45) is 0.772. The molecule has 2 N–H and O–H groups in total. The highest BCUT2D eigenvalue weighted by Crippen LogP contribution is 2.17. The van der Waals surface area contributed by atoms with Crippen molar-refractivity contribution in [2.75, 3.05) is 17.7 Å². The van der Waals surface area contributed by atoms with Gasteiger partial charge in [-0.15, -0.1) is 0 Å². The second-order valence-corrected chi connectivity index (χ2v) is 4.65. The average molecular weight is 298 g/mol. The topological polar surface area (TPSA) is 67.4 Å². The molecule has 0 saturated carbocycles. The molecule has 0 atom stereocenters. The Labute approximate surface area is 129 Å². The van der Waals surface area contributed by atoms with Gasteiger partial charge in [-0.05, 0) is 30.2 Å². The van der Waals surface area contributed by atoms with E-state index in [4.69, 9.17) is 4.74 Å². The summed E-state index contributed by atoms with van der Waals surface area (Å²) in [4.78, 5) is 23.9. The van der Waals surface area contributed by atoms with E-state index < -0.39 is 11.8 Å². The van der Waals surface area contributed by atoms with Crippen molar-refractivity contribution in [1.29, 1.82) is 0 Å². The Morgan fingerprint density at radius 2 is 1.73 bits per heavy atom. The summed E-state index contributed by atoms with van der Waals surface area (Å²) in [6, 6.07) is 14.2. The number of carbonyl (C=O) groups excluding carboxylic acids is 2. The summed E-state index contributed by atoms with van der Waals surface area (Å²) in [5, 5.41) is 5.17. The summed E-state index contributed by atoms with van der Waals surface area (Å²) in [5.74, 6) is -0.822. The zero-order valence-electron chi connectivity index (χ0n) is 12.6. The van der Waals surface area contributed by atoms with E-state index in [2.05, 4.69) is 10.6 Å². The maximum absolute atomic E-state index is 12.0. The third kappa shape index (κ3) is 3.85. The Bertz CT molecular complexity index is 683. The number of para-hydroxylation sites is 1. The first-order valence-corrected chi connectivity index (χ1v) is 6.98. The van der Waals surface area contributed by atoms with E-state index >= 15 is 0 Å². The molecule has 0 bridgehead atoms. The Morgan fingerprint density at radius 1 is 1.00 bits per heavy atom. The maximum Gasteiger partial charge on any atom is 0.314 e. The molecule has 22 heavy (non-hydrogen) atoms. The van der Waals surface area contributed by atoms with Crippen LogP contribution in [0.4, 0.5) is 11.4 Å². The van der Waals surface area contributed by atoms with Crippen molar-refractivity contribution in [3.05, 3.63) is 54.1 Å². The third-order valence-corrected chi connectivity index (χ3v) is 3.18. The number of hydrogen-bond acceptors (Lipinski definition) is 3. The summed E-state index contributed by atoms with van der Waals surface area (Å²) in [6.45, 7) is 1.99. The lowest BCUT2D eigenvalue weighted by molar-refractivity contribution is -0.133. The van der Waals surface area contributed by atoms with E-state index in [1.807, 2.05) is 25.1 Å². The van der Waals surface area contributed by atoms with Crippen LogP contribution in [0.1, 0.15) is 12.5 Å². The molecule has 0 aliphatic heterocycles. The average Bonchev–Trinajstić information content (AvgIpc) is 2.55. The number of benzene rings is 2. The molecule has 2 rings (SSSR count). The molecule has 0 aliphatic carbocycles. The summed E-state index contributed by atoms with van der Waals surface area (Å²) >= 11 is 0. The number of anilines is 2. The molecule has 114 valence electrons. The first kappa shape index (κ1) is 15.6. The molecule has 0 aliphatic rings. The molecule has 5 nitrogen and oxygen atoms in total. The van der Waals surface area contributed by atoms with E-state index in [1.54, 1.807) is 30.3 Å². The first-order valence-electron chi connectivity index (χ1n) is 6.98. The van der Waals surface area contributed by atoms with Crippen LogP contribution in [0.25, 0.3) is 0 Å². The summed E-state index contributed by atoms with van der Waals surface area (Å²) < 4.78 is 5.07. The van der Waals surface area contributed by atoms with Gasteiger partial charge in [0.15, 0.2) is 0 Å². The van der Waals surface area contributed by atoms with Gasteiger partial charge in [0.25, 0.3) is 0 Å². The highest BCUT2D eigenvalue weighted by Gasteiger charge is 2.15. The van der Waals surface area contributed by atoms with Crippen LogP contribution >= 0.6 is 0 Å². The van der Waals surface area contributed by atoms with Gasteiger partial charge < -0.3 is 15.4 Å². The van der Waals surface area contributed by atoms with Crippen LogP contribution in [0.15, 0.2) is 48.5 Å². The monoisotopic (exact) mass is 298 g/mol. The molecular weight excluding hydrogens is 280 g/mol. The van der Waals surface area contributed by atoms with Crippen molar-refractivity contribution in [2.45, 2.75) is 13.3 Å². The Morgan fingerprint density at radius 3 is 2.45 bits per heavy atom. The summed E-state index contributed by atoms with van der Waals surface area (Å²) in [5.41, 5.74) is 2.13. The molecule has 2 amide bonds. The van der Waals surface area contributed by atoms with Gasteiger partial charge in [-0.25, -0.2) is 0 Å². The molecule has 0 saturated heterocycles. The van der Waals surface area contributed by atoms with E-state index in [9.17, 15) is 9.59 Å². The number of aryl methyl sites for hydroxylation is 1. The van der Waals surface area contributed by atoms with E-state index in [1.165, 1.54) is 7.11 Å². The normalized spacial score (nSPS) is 9.91. The molecule has 0 spiro atoms. The van der Waals surface area contributed by atoms with Gasteiger partial charge in [0, 0.05) is 17.4 Å². The van der Waals surface area contributed by atoms with E-state index in [0.717, 1.165) is 12.0 Å². The molecular formula is C17H18N2O3. The van der Waals surface area contributed by atoms with Crippen molar-refractivity contribution >= 4 is 23.2 Å². The van der Waals surface area contributed by atoms with Crippen molar-refractivity contribution in [3.63, 3.8) is 0 Å². The lowest BCUT2D eigenvalue weighted by atomic mass is 10.1. The maximum atomic E-state index is 12.0. The number of hydrogen-bond donors (Lipinski definition) is 2. The smallest absolute Gasteiger partial charge is 0.314 e. The Balaban J connectivity index is 2.04. The fourth-order valence-corrected chi connectivity index (χ4v) is 2.02. The van der Waals surface area contributed by atoms with Crippen molar-refractivity contribution in [1.82, 2.24) is 0 Å². The Hall–Kier alpha value is -2.82.